The zero-order chi connectivity index (χ0) is 11.4. The Hall–Kier alpha value is -0.870. The molecule has 16 heavy (non-hydrogen) atoms. The predicted molar refractivity (Wildman–Crippen MR) is 60.9 cm³/mol. The molecule has 1 N–H and O–H groups in total. The van der Waals surface area contributed by atoms with E-state index in [4.69, 9.17) is 4.52 Å². The lowest BCUT2D eigenvalue weighted by Crippen LogP contribution is -2.29. The zero-order valence-corrected chi connectivity index (χ0v) is 9.80. The summed E-state index contributed by atoms with van der Waals surface area (Å²) in [6.07, 6.45) is 4.59. The molecule has 2 rings (SSSR count). The molecule has 4 nitrogen and oxygen atoms in total. The summed E-state index contributed by atoms with van der Waals surface area (Å²) in [6, 6.07) is 1.75. The van der Waals surface area contributed by atoms with E-state index >= 15 is 0 Å². The lowest BCUT2D eigenvalue weighted by atomic mass is 9.97. The summed E-state index contributed by atoms with van der Waals surface area (Å²) in [5.41, 5.74) is 0. The minimum absolute atomic E-state index is 0.242. The summed E-state index contributed by atoms with van der Waals surface area (Å²) in [7, 11) is 0. The van der Waals surface area contributed by atoms with Crippen molar-refractivity contribution in [3.63, 3.8) is 0 Å². The topological polar surface area (TPSA) is 49.5 Å². The molecule has 0 bridgehead atoms. The second-order valence-corrected chi connectivity index (χ2v) is 4.54. The molecule has 0 spiro atoms. The fourth-order valence-electron chi connectivity index (χ4n) is 2.36. The van der Waals surface area contributed by atoms with E-state index in [0.29, 0.717) is 5.76 Å². The maximum absolute atomic E-state index is 10.2. The molecule has 1 aliphatic heterocycles. The molecule has 2 atom stereocenters. The SMILES string of the molecule is CCC(CN1CCCC1)C(O)c1ccno1. The fraction of sp³-hybridized carbons (Fsp3) is 0.750. The van der Waals surface area contributed by atoms with Crippen LogP contribution in [0.5, 0.6) is 0 Å². The molecule has 2 heterocycles. The van der Waals surface area contributed by atoms with Crippen molar-refractivity contribution in [2.75, 3.05) is 19.6 Å². The van der Waals surface area contributed by atoms with Crippen LogP contribution in [0.1, 0.15) is 38.1 Å². The van der Waals surface area contributed by atoms with Gasteiger partial charge >= 0.3 is 0 Å². The van der Waals surface area contributed by atoms with Crippen LogP contribution in [-0.4, -0.2) is 34.8 Å². The Morgan fingerprint density at radius 3 is 2.81 bits per heavy atom. The molecule has 90 valence electrons. The molecule has 0 aliphatic carbocycles. The van der Waals surface area contributed by atoms with Crippen LogP contribution in [0.4, 0.5) is 0 Å². The number of aliphatic hydroxyl groups is 1. The van der Waals surface area contributed by atoms with Crippen LogP contribution in [0, 0.1) is 5.92 Å². The summed E-state index contributed by atoms with van der Waals surface area (Å²) < 4.78 is 5.02. The second-order valence-electron chi connectivity index (χ2n) is 4.54. The van der Waals surface area contributed by atoms with E-state index in [1.807, 2.05) is 0 Å². The molecule has 4 heteroatoms. The molecule has 0 saturated carbocycles. The molecule has 1 saturated heterocycles. The van der Waals surface area contributed by atoms with Crippen LogP contribution < -0.4 is 0 Å². The highest BCUT2D eigenvalue weighted by Crippen LogP contribution is 2.26. The normalized spacial score (nSPS) is 21.1. The van der Waals surface area contributed by atoms with Gasteiger partial charge in [0.05, 0.1) is 6.20 Å². The van der Waals surface area contributed by atoms with Crippen LogP contribution in [0.3, 0.4) is 0 Å². The van der Waals surface area contributed by atoms with Gasteiger partial charge in [-0.1, -0.05) is 12.1 Å². The minimum Gasteiger partial charge on any atom is -0.385 e. The van der Waals surface area contributed by atoms with Gasteiger partial charge in [0.25, 0.3) is 0 Å². The van der Waals surface area contributed by atoms with E-state index in [0.717, 1.165) is 13.0 Å². The van der Waals surface area contributed by atoms with Gasteiger partial charge in [-0.05, 0) is 32.4 Å². The van der Waals surface area contributed by atoms with Crippen molar-refractivity contribution in [2.24, 2.45) is 5.92 Å². The summed E-state index contributed by atoms with van der Waals surface area (Å²) in [5.74, 6) is 0.831. The number of aliphatic hydroxyl groups excluding tert-OH is 1. The van der Waals surface area contributed by atoms with E-state index in [1.165, 1.54) is 25.9 Å². The number of hydrogen-bond acceptors (Lipinski definition) is 4. The standard InChI is InChI=1S/C12H20N2O2/c1-2-10(9-14-7-3-4-8-14)12(15)11-5-6-13-16-11/h5-6,10,12,15H,2-4,7-9H2,1H3. The van der Waals surface area contributed by atoms with Crippen LogP contribution in [0.15, 0.2) is 16.8 Å². The first-order chi connectivity index (χ1) is 7.81. The summed E-state index contributed by atoms with van der Waals surface area (Å²) in [5, 5.41) is 13.8. The predicted octanol–water partition coefficient (Wildman–Crippen LogP) is 1.83. The van der Waals surface area contributed by atoms with Crippen molar-refractivity contribution in [1.82, 2.24) is 10.1 Å². The quantitative estimate of drug-likeness (QED) is 0.829. The van der Waals surface area contributed by atoms with Crippen molar-refractivity contribution >= 4 is 0 Å². The van der Waals surface area contributed by atoms with Gasteiger partial charge in [-0.2, -0.15) is 0 Å². The van der Waals surface area contributed by atoms with Crippen LogP contribution in [0.2, 0.25) is 0 Å². The van der Waals surface area contributed by atoms with E-state index in [2.05, 4.69) is 17.0 Å². The lowest BCUT2D eigenvalue weighted by molar-refractivity contribution is 0.0587. The molecule has 1 aromatic heterocycles. The van der Waals surface area contributed by atoms with E-state index in [-0.39, 0.29) is 5.92 Å². The van der Waals surface area contributed by atoms with Gasteiger partial charge in [-0.15, -0.1) is 0 Å². The number of nitrogens with zero attached hydrogens (tertiary/aromatic N) is 2. The maximum atomic E-state index is 10.2. The number of aromatic nitrogens is 1. The van der Waals surface area contributed by atoms with E-state index in [9.17, 15) is 5.11 Å². The van der Waals surface area contributed by atoms with Crippen LogP contribution >= 0.6 is 0 Å². The van der Waals surface area contributed by atoms with Crippen LogP contribution in [-0.2, 0) is 0 Å². The van der Waals surface area contributed by atoms with Gasteiger partial charge in [0.1, 0.15) is 6.10 Å². The van der Waals surface area contributed by atoms with E-state index < -0.39 is 6.10 Å². The summed E-state index contributed by atoms with van der Waals surface area (Å²) in [6.45, 7) is 5.40. The van der Waals surface area contributed by atoms with Gasteiger partial charge < -0.3 is 14.5 Å². The first-order valence-corrected chi connectivity index (χ1v) is 6.12. The maximum Gasteiger partial charge on any atom is 0.165 e. The van der Waals surface area contributed by atoms with Gasteiger partial charge in [0.2, 0.25) is 0 Å². The van der Waals surface area contributed by atoms with Crippen molar-refractivity contribution in [2.45, 2.75) is 32.3 Å². The highest BCUT2D eigenvalue weighted by atomic mass is 16.5. The summed E-state index contributed by atoms with van der Waals surface area (Å²) >= 11 is 0. The third kappa shape index (κ3) is 2.62. The minimum atomic E-state index is -0.520. The molecule has 0 amide bonds. The molecule has 0 aromatic carbocycles. The Balaban J connectivity index is 1.93. The van der Waals surface area contributed by atoms with Gasteiger partial charge in [-0.25, -0.2) is 0 Å². The molecule has 1 fully saturated rings. The van der Waals surface area contributed by atoms with E-state index in [1.54, 1.807) is 12.3 Å². The molecule has 1 aliphatic rings. The second kappa shape index (κ2) is 5.46. The van der Waals surface area contributed by atoms with Crippen LogP contribution in [0.25, 0.3) is 0 Å². The highest BCUT2D eigenvalue weighted by Gasteiger charge is 2.25. The monoisotopic (exact) mass is 224 g/mol. The van der Waals surface area contributed by atoms with Gasteiger partial charge in [0, 0.05) is 18.5 Å². The van der Waals surface area contributed by atoms with Crippen molar-refractivity contribution in [3.8, 4) is 0 Å². The molecule has 0 radical (unpaired) electrons. The molecular weight excluding hydrogens is 204 g/mol. The Morgan fingerprint density at radius 1 is 1.50 bits per heavy atom. The third-order valence-electron chi connectivity index (χ3n) is 3.41. The number of likely N-dealkylation sites (tertiary alicyclic amines) is 1. The third-order valence-corrected chi connectivity index (χ3v) is 3.41. The average Bonchev–Trinajstić information content (AvgIpc) is 2.97. The number of rotatable bonds is 5. The summed E-state index contributed by atoms with van der Waals surface area (Å²) in [4.78, 5) is 2.42. The fourth-order valence-corrected chi connectivity index (χ4v) is 2.36. The van der Waals surface area contributed by atoms with Crippen molar-refractivity contribution in [3.05, 3.63) is 18.0 Å². The zero-order valence-electron chi connectivity index (χ0n) is 9.80. The Morgan fingerprint density at radius 2 is 2.25 bits per heavy atom. The smallest absolute Gasteiger partial charge is 0.165 e. The van der Waals surface area contributed by atoms with Gasteiger partial charge in [0.15, 0.2) is 5.76 Å². The number of hydrogen-bond donors (Lipinski definition) is 1. The first-order valence-electron chi connectivity index (χ1n) is 6.12. The van der Waals surface area contributed by atoms with Gasteiger partial charge in [-0.3, -0.25) is 0 Å². The Labute approximate surface area is 96.2 Å². The average molecular weight is 224 g/mol. The largest absolute Gasteiger partial charge is 0.385 e. The first kappa shape index (κ1) is 11.6. The Bertz CT molecular complexity index is 294. The molecule has 1 aromatic rings. The Kier molecular flexibility index (Phi) is 3.96. The highest BCUT2D eigenvalue weighted by molar-refractivity contribution is 4.99. The lowest BCUT2D eigenvalue weighted by Gasteiger charge is -2.25. The van der Waals surface area contributed by atoms with Crippen molar-refractivity contribution < 1.29 is 9.63 Å². The van der Waals surface area contributed by atoms with Crippen molar-refractivity contribution in [1.29, 1.82) is 0 Å². The molecule has 2 unspecified atom stereocenters. The molecular formula is C12H20N2O2.